The van der Waals surface area contributed by atoms with E-state index in [9.17, 15) is 4.79 Å². The molecular formula is C3H3NOS. The lowest BCUT2D eigenvalue weighted by molar-refractivity contribution is 0.566. The zero-order chi connectivity index (χ0) is 4.83. The SMILES string of the molecule is C=CSN=C=O. The Kier molecular flexibility index (Phi) is 4.08. The quantitative estimate of drug-likeness (QED) is 0.296. The Morgan fingerprint density at radius 3 is 2.83 bits per heavy atom. The summed E-state index contributed by atoms with van der Waals surface area (Å²) in [6, 6.07) is 0. The van der Waals surface area contributed by atoms with Gasteiger partial charge in [0.15, 0.2) is 0 Å². The van der Waals surface area contributed by atoms with Crippen LogP contribution in [0.15, 0.2) is 16.4 Å². The number of hydrogen-bond acceptors (Lipinski definition) is 3. The van der Waals surface area contributed by atoms with Gasteiger partial charge in [0, 0.05) is 11.9 Å². The highest BCUT2D eigenvalue weighted by atomic mass is 32.2. The Balaban J connectivity index is 3.07. The maximum absolute atomic E-state index is 9.20. The van der Waals surface area contributed by atoms with Gasteiger partial charge in [-0.05, 0) is 5.41 Å². The van der Waals surface area contributed by atoms with Crippen LogP contribution < -0.4 is 0 Å². The molecule has 0 unspecified atom stereocenters. The molecule has 0 spiro atoms. The molecule has 0 rings (SSSR count). The second-order valence-electron chi connectivity index (χ2n) is 0.455. The third-order valence-corrected chi connectivity index (χ3v) is 0.494. The average Bonchev–Trinajstić information content (AvgIpc) is 1.61. The van der Waals surface area contributed by atoms with E-state index in [0.29, 0.717) is 0 Å². The van der Waals surface area contributed by atoms with E-state index in [1.54, 1.807) is 0 Å². The van der Waals surface area contributed by atoms with Crippen molar-refractivity contribution in [2.24, 2.45) is 4.40 Å². The van der Waals surface area contributed by atoms with Crippen molar-refractivity contribution in [3.05, 3.63) is 12.0 Å². The van der Waals surface area contributed by atoms with E-state index in [1.807, 2.05) is 0 Å². The first-order chi connectivity index (χ1) is 2.91. The summed E-state index contributed by atoms with van der Waals surface area (Å²) in [6.07, 6.45) is 1.34. The first-order valence-electron chi connectivity index (χ1n) is 1.25. The van der Waals surface area contributed by atoms with Crippen LogP contribution in [0.5, 0.6) is 0 Å². The van der Waals surface area contributed by atoms with Gasteiger partial charge in [0.05, 0.1) is 0 Å². The fraction of sp³-hybridized carbons (Fsp3) is 0. The fourth-order valence-corrected chi connectivity index (χ4v) is 0.176. The normalized spacial score (nSPS) is 6.00. The van der Waals surface area contributed by atoms with Crippen LogP contribution in [-0.4, -0.2) is 6.08 Å². The minimum absolute atomic E-state index is 0.973. The van der Waals surface area contributed by atoms with Crippen molar-refractivity contribution in [2.75, 3.05) is 0 Å². The Bertz CT molecular complexity index is 84.8. The molecule has 0 atom stereocenters. The zero-order valence-corrected chi connectivity index (χ0v) is 3.86. The fourth-order valence-electron chi connectivity index (χ4n) is 0.0588. The van der Waals surface area contributed by atoms with Crippen LogP contribution in [0, 0.1) is 0 Å². The minimum Gasteiger partial charge on any atom is -0.210 e. The predicted molar refractivity (Wildman–Crippen MR) is 25.9 cm³/mol. The molecule has 0 amide bonds. The zero-order valence-electron chi connectivity index (χ0n) is 3.05. The molecule has 0 heterocycles. The van der Waals surface area contributed by atoms with Gasteiger partial charge in [-0.2, -0.15) is 0 Å². The molecule has 0 aliphatic rings. The van der Waals surface area contributed by atoms with Crippen LogP contribution >= 0.6 is 11.9 Å². The van der Waals surface area contributed by atoms with Crippen molar-refractivity contribution in [1.82, 2.24) is 0 Å². The summed E-state index contributed by atoms with van der Waals surface area (Å²) >= 11 is 0.973. The van der Waals surface area contributed by atoms with Gasteiger partial charge in [-0.1, -0.05) is 6.58 Å². The summed E-state index contributed by atoms with van der Waals surface area (Å²) in [5, 5.41) is 1.45. The third-order valence-electron chi connectivity index (χ3n) is 0.165. The van der Waals surface area contributed by atoms with Crippen LogP contribution in [0.25, 0.3) is 0 Å². The van der Waals surface area contributed by atoms with Crippen LogP contribution in [0.2, 0.25) is 0 Å². The molecule has 32 valence electrons. The summed E-state index contributed by atoms with van der Waals surface area (Å²) < 4.78 is 3.08. The maximum atomic E-state index is 9.20. The van der Waals surface area contributed by atoms with Crippen LogP contribution in [0.4, 0.5) is 0 Å². The van der Waals surface area contributed by atoms with Gasteiger partial charge in [-0.25, -0.2) is 4.79 Å². The highest BCUT2D eigenvalue weighted by molar-refractivity contribution is 8.00. The Labute approximate surface area is 40.1 Å². The van der Waals surface area contributed by atoms with Crippen molar-refractivity contribution in [2.45, 2.75) is 0 Å². The van der Waals surface area contributed by atoms with Crippen molar-refractivity contribution in [3.8, 4) is 0 Å². The molecule has 2 nitrogen and oxygen atoms in total. The highest BCUT2D eigenvalue weighted by Crippen LogP contribution is 1.96. The van der Waals surface area contributed by atoms with Gasteiger partial charge in [-0.3, -0.25) is 0 Å². The average molecular weight is 101 g/mol. The smallest absolute Gasteiger partial charge is 0.210 e. The van der Waals surface area contributed by atoms with E-state index in [1.165, 1.54) is 11.5 Å². The van der Waals surface area contributed by atoms with Crippen molar-refractivity contribution in [1.29, 1.82) is 0 Å². The summed E-state index contributed by atoms with van der Waals surface area (Å²) in [4.78, 5) is 9.20. The maximum Gasteiger partial charge on any atom is 0.247 e. The van der Waals surface area contributed by atoms with E-state index in [-0.39, 0.29) is 0 Å². The molecule has 6 heavy (non-hydrogen) atoms. The molecule has 0 aliphatic heterocycles. The van der Waals surface area contributed by atoms with E-state index < -0.39 is 0 Å². The van der Waals surface area contributed by atoms with E-state index >= 15 is 0 Å². The molecule has 0 fully saturated rings. The summed E-state index contributed by atoms with van der Waals surface area (Å²) in [7, 11) is 0. The van der Waals surface area contributed by atoms with Gasteiger partial charge >= 0.3 is 0 Å². The van der Waals surface area contributed by atoms with Crippen LogP contribution in [-0.2, 0) is 4.79 Å². The number of hydrogen-bond donors (Lipinski definition) is 0. The van der Waals surface area contributed by atoms with Gasteiger partial charge in [0.2, 0.25) is 6.08 Å². The summed E-state index contributed by atoms with van der Waals surface area (Å²) in [5.74, 6) is 0. The van der Waals surface area contributed by atoms with Gasteiger partial charge < -0.3 is 0 Å². The lowest BCUT2D eigenvalue weighted by Crippen LogP contribution is -1.37. The molecular weight excluding hydrogens is 98.1 g/mol. The lowest BCUT2D eigenvalue weighted by Gasteiger charge is -1.62. The predicted octanol–water partition coefficient (Wildman–Crippen LogP) is 1.11. The number of rotatable bonds is 2. The van der Waals surface area contributed by atoms with Crippen molar-refractivity contribution < 1.29 is 4.79 Å². The second kappa shape index (κ2) is 4.47. The first kappa shape index (κ1) is 5.47. The van der Waals surface area contributed by atoms with E-state index in [0.717, 1.165) is 11.9 Å². The Morgan fingerprint density at radius 1 is 2.00 bits per heavy atom. The van der Waals surface area contributed by atoms with Crippen molar-refractivity contribution in [3.63, 3.8) is 0 Å². The number of carbonyl (C=O) groups excluding carboxylic acids is 1. The molecule has 0 radical (unpaired) electrons. The molecule has 3 heteroatoms. The van der Waals surface area contributed by atoms with Crippen LogP contribution in [0.1, 0.15) is 0 Å². The molecule has 0 bridgehead atoms. The van der Waals surface area contributed by atoms with Crippen LogP contribution in [0.3, 0.4) is 0 Å². The molecule has 0 aliphatic carbocycles. The molecule has 0 N–H and O–H groups in total. The molecule has 0 aromatic heterocycles. The summed E-state index contributed by atoms with van der Waals surface area (Å²) in [5.41, 5.74) is 0. The Morgan fingerprint density at radius 2 is 2.67 bits per heavy atom. The lowest BCUT2D eigenvalue weighted by atomic mass is 11.3. The minimum atomic E-state index is 0.973. The molecule has 0 aromatic carbocycles. The third kappa shape index (κ3) is 3.47. The van der Waals surface area contributed by atoms with E-state index in [2.05, 4.69) is 11.0 Å². The molecule has 0 saturated carbocycles. The topological polar surface area (TPSA) is 29.4 Å². The largest absolute Gasteiger partial charge is 0.247 e. The van der Waals surface area contributed by atoms with Gasteiger partial charge in [0.25, 0.3) is 0 Å². The van der Waals surface area contributed by atoms with Gasteiger partial charge in [0.1, 0.15) is 0 Å². The molecule has 0 aromatic rings. The number of isocyanates is 1. The highest BCUT2D eigenvalue weighted by Gasteiger charge is 1.59. The summed E-state index contributed by atoms with van der Waals surface area (Å²) in [6.45, 7) is 3.29. The Hall–Kier alpha value is -0.530. The first-order valence-corrected chi connectivity index (χ1v) is 2.09. The van der Waals surface area contributed by atoms with Gasteiger partial charge in [-0.15, -0.1) is 4.40 Å². The standard InChI is InChI=1S/C3H3NOS/c1-2-6-4-3-5/h2H,1H2. The van der Waals surface area contributed by atoms with Crippen molar-refractivity contribution >= 4 is 18.0 Å². The molecule has 0 saturated heterocycles. The monoisotopic (exact) mass is 101 g/mol. The van der Waals surface area contributed by atoms with E-state index in [4.69, 9.17) is 0 Å². The second-order valence-corrected chi connectivity index (χ2v) is 1.18. The number of nitrogens with zero attached hydrogens (tertiary/aromatic N) is 1.